The average molecular weight is 254 g/mol. The topological polar surface area (TPSA) is 29.1 Å². The van der Waals surface area contributed by atoms with Crippen molar-refractivity contribution in [1.29, 1.82) is 0 Å². The van der Waals surface area contributed by atoms with E-state index >= 15 is 0 Å². The summed E-state index contributed by atoms with van der Waals surface area (Å²) in [5, 5.41) is 2.94. The molecule has 1 rings (SSSR count). The number of benzene rings is 1. The minimum absolute atomic E-state index is 0.128. The molecular formula is C14H20ClNO. The van der Waals surface area contributed by atoms with Gasteiger partial charge in [-0.25, -0.2) is 0 Å². The van der Waals surface area contributed by atoms with E-state index in [4.69, 9.17) is 11.6 Å². The van der Waals surface area contributed by atoms with Gasteiger partial charge in [-0.2, -0.15) is 0 Å². The van der Waals surface area contributed by atoms with Gasteiger partial charge in [-0.15, -0.1) is 11.6 Å². The molecule has 2 nitrogen and oxygen atoms in total. The summed E-state index contributed by atoms with van der Waals surface area (Å²) in [5.41, 5.74) is 2.58. The van der Waals surface area contributed by atoms with Gasteiger partial charge >= 0.3 is 0 Å². The molecule has 17 heavy (non-hydrogen) atoms. The Hall–Kier alpha value is -1.02. The van der Waals surface area contributed by atoms with E-state index in [2.05, 4.69) is 24.4 Å². The molecule has 0 aliphatic heterocycles. The van der Waals surface area contributed by atoms with E-state index < -0.39 is 0 Å². The number of carbonyl (C=O) groups excluding carboxylic acids is 1. The molecule has 0 unspecified atom stereocenters. The van der Waals surface area contributed by atoms with Crippen LogP contribution in [-0.4, -0.2) is 18.3 Å². The predicted octanol–water partition coefficient (Wildman–Crippen LogP) is 3.06. The lowest BCUT2D eigenvalue weighted by Gasteiger charge is -2.07. The smallest absolute Gasteiger partial charge is 0.220 e. The van der Waals surface area contributed by atoms with Crippen LogP contribution in [0.15, 0.2) is 24.3 Å². The van der Waals surface area contributed by atoms with E-state index in [1.807, 2.05) is 12.1 Å². The lowest BCUT2D eigenvalue weighted by Crippen LogP contribution is -2.25. The highest BCUT2D eigenvalue weighted by Crippen LogP contribution is 2.06. The first-order valence-corrected chi connectivity index (χ1v) is 6.64. The van der Waals surface area contributed by atoms with Gasteiger partial charge < -0.3 is 5.32 Å². The third kappa shape index (κ3) is 5.73. The van der Waals surface area contributed by atoms with E-state index in [-0.39, 0.29) is 5.91 Å². The molecule has 0 fully saturated rings. The first-order chi connectivity index (χ1) is 8.24. The van der Waals surface area contributed by atoms with Crippen molar-refractivity contribution in [2.24, 2.45) is 0 Å². The minimum atomic E-state index is 0.128. The van der Waals surface area contributed by atoms with Gasteiger partial charge in [0, 0.05) is 18.8 Å². The summed E-state index contributed by atoms with van der Waals surface area (Å²) in [7, 11) is 0. The lowest BCUT2D eigenvalue weighted by atomic mass is 10.1. The molecule has 1 N–H and O–H groups in total. The van der Waals surface area contributed by atoms with Crippen molar-refractivity contribution < 1.29 is 4.79 Å². The largest absolute Gasteiger partial charge is 0.356 e. The molecule has 0 aliphatic carbocycles. The summed E-state index contributed by atoms with van der Waals surface area (Å²) < 4.78 is 0. The number of unbranched alkanes of at least 4 members (excludes halogenated alkanes) is 1. The van der Waals surface area contributed by atoms with Crippen LogP contribution in [0.4, 0.5) is 0 Å². The minimum Gasteiger partial charge on any atom is -0.356 e. The second-order valence-electron chi connectivity index (χ2n) is 4.17. The summed E-state index contributed by atoms with van der Waals surface area (Å²) in [6.45, 7) is 2.81. The number of aryl methyl sites for hydroxylation is 1. The number of carbonyl (C=O) groups is 1. The molecule has 0 saturated carbocycles. The zero-order valence-electron chi connectivity index (χ0n) is 10.3. The van der Waals surface area contributed by atoms with Gasteiger partial charge in [0.05, 0.1) is 0 Å². The maximum atomic E-state index is 11.4. The Labute approximate surface area is 108 Å². The van der Waals surface area contributed by atoms with Crippen LogP contribution in [0, 0.1) is 6.92 Å². The highest BCUT2D eigenvalue weighted by Gasteiger charge is 2.01. The lowest BCUT2D eigenvalue weighted by molar-refractivity contribution is -0.121. The summed E-state index contributed by atoms with van der Waals surface area (Å²) in [5.74, 6) is 0.764. The van der Waals surface area contributed by atoms with E-state index in [9.17, 15) is 4.79 Å². The molecule has 0 bridgehead atoms. The second kappa shape index (κ2) is 8.13. The second-order valence-corrected chi connectivity index (χ2v) is 4.55. The summed E-state index contributed by atoms with van der Waals surface area (Å²) >= 11 is 5.56. The highest BCUT2D eigenvalue weighted by molar-refractivity contribution is 6.17. The van der Waals surface area contributed by atoms with Gasteiger partial charge in [-0.3, -0.25) is 4.79 Å². The Morgan fingerprint density at radius 1 is 1.29 bits per heavy atom. The van der Waals surface area contributed by atoms with Crippen molar-refractivity contribution >= 4 is 17.5 Å². The van der Waals surface area contributed by atoms with Crippen LogP contribution < -0.4 is 5.32 Å². The fourth-order valence-corrected chi connectivity index (χ4v) is 1.88. The summed E-state index contributed by atoms with van der Waals surface area (Å²) in [6, 6.07) is 8.26. The van der Waals surface area contributed by atoms with Crippen molar-refractivity contribution in [3.8, 4) is 0 Å². The summed E-state index contributed by atoms with van der Waals surface area (Å²) in [4.78, 5) is 11.4. The van der Waals surface area contributed by atoms with Gasteiger partial charge in [0.15, 0.2) is 0 Å². The number of hydrogen-bond donors (Lipinski definition) is 1. The Morgan fingerprint density at radius 2 is 2.06 bits per heavy atom. The highest BCUT2D eigenvalue weighted by atomic mass is 35.5. The van der Waals surface area contributed by atoms with Crippen LogP contribution in [0.25, 0.3) is 0 Å². The zero-order chi connectivity index (χ0) is 12.5. The summed E-state index contributed by atoms with van der Waals surface area (Å²) in [6.07, 6.45) is 3.26. The van der Waals surface area contributed by atoms with Crippen molar-refractivity contribution in [3.05, 3.63) is 35.4 Å². The zero-order valence-corrected chi connectivity index (χ0v) is 11.1. The van der Waals surface area contributed by atoms with Crippen LogP contribution in [0.3, 0.4) is 0 Å². The van der Waals surface area contributed by atoms with Crippen molar-refractivity contribution in [3.63, 3.8) is 0 Å². The predicted molar refractivity (Wildman–Crippen MR) is 72.5 cm³/mol. The van der Waals surface area contributed by atoms with Gasteiger partial charge in [-0.1, -0.05) is 24.3 Å². The molecule has 0 aliphatic rings. The van der Waals surface area contributed by atoms with Crippen LogP contribution in [0.2, 0.25) is 0 Å². The third-order valence-corrected chi connectivity index (χ3v) is 3.03. The Morgan fingerprint density at radius 3 is 2.76 bits per heavy atom. The fourth-order valence-electron chi connectivity index (χ4n) is 1.70. The van der Waals surface area contributed by atoms with E-state index in [0.717, 1.165) is 19.3 Å². The maximum absolute atomic E-state index is 11.4. The van der Waals surface area contributed by atoms with Crippen LogP contribution >= 0.6 is 11.6 Å². The molecule has 0 aromatic heterocycles. The molecule has 1 aromatic carbocycles. The molecule has 0 atom stereocenters. The van der Waals surface area contributed by atoms with Crippen molar-refractivity contribution in [2.45, 2.75) is 32.6 Å². The first kappa shape index (κ1) is 14.0. The number of alkyl halides is 1. The Kier molecular flexibility index (Phi) is 6.71. The number of nitrogens with one attached hydrogen (secondary N) is 1. The Bertz CT molecular complexity index is 352. The molecular weight excluding hydrogens is 234 g/mol. The SMILES string of the molecule is Cc1ccccc1CCNC(=O)CCCCCl. The first-order valence-electron chi connectivity index (χ1n) is 6.11. The van der Waals surface area contributed by atoms with Crippen molar-refractivity contribution in [2.75, 3.05) is 12.4 Å². The third-order valence-electron chi connectivity index (χ3n) is 2.77. The molecule has 94 valence electrons. The molecule has 3 heteroatoms. The molecule has 1 aromatic rings. The number of amides is 1. The van der Waals surface area contributed by atoms with Crippen LogP contribution in [-0.2, 0) is 11.2 Å². The van der Waals surface area contributed by atoms with Gasteiger partial charge in [-0.05, 0) is 37.3 Å². The average Bonchev–Trinajstić information content (AvgIpc) is 2.32. The quantitative estimate of drug-likeness (QED) is 0.587. The number of hydrogen-bond acceptors (Lipinski definition) is 1. The molecule has 0 saturated heterocycles. The number of halogens is 1. The fraction of sp³-hybridized carbons (Fsp3) is 0.500. The maximum Gasteiger partial charge on any atom is 0.220 e. The molecule has 1 amide bonds. The van der Waals surface area contributed by atoms with Gasteiger partial charge in [0.1, 0.15) is 0 Å². The normalized spacial score (nSPS) is 10.2. The van der Waals surface area contributed by atoms with Gasteiger partial charge in [0.25, 0.3) is 0 Å². The molecule has 0 radical (unpaired) electrons. The Balaban J connectivity index is 2.19. The number of rotatable bonds is 7. The monoisotopic (exact) mass is 253 g/mol. The van der Waals surface area contributed by atoms with Crippen LogP contribution in [0.1, 0.15) is 30.4 Å². The van der Waals surface area contributed by atoms with Crippen molar-refractivity contribution in [1.82, 2.24) is 5.32 Å². The standard InChI is InChI=1S/C14H20ClNO/c1-12-6-2-3-7-13(12)9-11-16-14(17)8-4-5-10-15/h2-3,6-7H,4-5,8-11H2,1H3,(H,16,17). The van der Waals surface area contributed by atoms with Gasteiger partial charge in [0.2, 0.25) is 5.91 Å². The van der Waals surface area contributed by atoms with Crippen LogP contribution in [0.5, 0.6) is 0 Å². The van der Waals surface area contributed by atoms with E-state index in [1.54, 1.807) is 0 Å². The molecule has 0 spiro atoms. The molecule has 0 heterocycles. The van der Waals surface area contributed by atoms with E-state index in [1.165, 1.54) is 11.1 Å². The van der Waals surface area contributed by atoms with E-state index in [0.29, 0.717) is 18.8 Å².